The third-order valence-electron chi connectivity index (χ3n) is 3.22. The van der Waals surface area contributed by atoms with Crippen LogP contribution >= 0.6 is 15.6 Å². The van der Waals surface area contributed by atoms with E-state index in [9.17, 15) is 23.9 Å². The van der Waals surface area contributed by atoms with Gasteiger partial charge in [0.1, 0.15) is 11.8 Å². The Bertz CT molecular complexity index is 644. The molecule has 0 aliphatic heterocycles. The first-order valence-electron chi connectivity index (χ1n) is 6.68. The summed E-state index contributed by atoms with van der Waals surface area (Å²) in [5.74, 6) is -1.21. The molecule has 1 aromatic carbocycles. The van der Waals surface area contributed by atoms with E-state index in [0.29, 0.717) is 0 Å². The Hall–Kier alpha value is -1.25. The largest absolute Gasteiger partial charge is 0.481 e. The number of carboxylic acid groups (broad SMARTS) is 1. The minimum absolute atomic E-state index is 0.0370. The summed E-state index contributed by atoms with van der Waals surface area (Å²) in [6, 6.07) is 3.74. The van der Waals surface area contributed by atoms with E-state index in [1.807, 2.05) is 0 Å². The van der Waals surface area contributed by atoms with Gasteiger partial charge in [-0.25, -0.2) is 0 Å². The Kier molecular flexibility index (Phi) is 7.12. The van der Waals surface area contributed by atoms with Gasteiger partial charge in [0, 0.05) is 0 Å². The smallest absolute Gasteiger partial charge is 0.362 e. The maximum Gasteiger partial charge on any atom is 0.362 e. The number of carboxylic acids is 1. The highest BCUT2D eigenvalue weighted by Crippen LogP contribution is 2.46. The van der Waals surface area contributed by atoms with Gasteiger partial charge in [-0.1, -0.05) is 12.1 Å². The zero-order chi connectivity index (χ0) is 18.5. The summed E-state index contributed by atoms with van der Waals surface area (Å²) in [4.78, 5) is 37.6. The number of carbonyl (C=O) groups is 1. The zero-order valence-electron chi connectivity index (χ0n) is 12.4. The molecule has 1 aromatic rings. The Morgan fingerprint density at radius 1 is 1.33 bits per heavy atom. The van der Waals surface area contributed by atoms with E-state index in [0.717, 1.165) is 0 Å². The fourth-order valence-electron chi connectivity index (χ4n) is 1.85. The monoisotopic (exact) mass is 383 g/mol. The quantitative estimate of drug-likeness (QED) is 0.317. The maximum atomic E-state index is 11.6. The molecule has 10 nitrogen and oxygen atoms in total. The van der Waals surface area contributed by atoms with E-state index < -0.39 is 39.3 Å². The first-order valence-corrected chi connectivity index (χ1v) is 9.83. The summed E-state index contributed by atoms with van der Waals surface area (Å²) >= 11 is 0. The molecule has 0 amide bonds. The van der Waals surface area contributed by atoms with E-state index in [1.54, 1.807) is 0 Å². The molecule has 136 valence electrons. The van der Waals surface area contributed by atoms with Crippen molar-refractivity contribution in [3.05, 3.63) is 29.8 Å². The fraction of sp³-hybridized carbons (Fsp3) is 0.417. The molecule has 0 fully saturated rings. The molecular weight excluding hydrogens is 364 g/mol. The molecule has 0 aliphatic rings. The minimum Gasteiger partial charge on any atom is -0.481 e. The van der Waals surface area contributed by atoms with Crippen LogP contribution in [0.4, 0.5) is 0 Å². The van der Waals surface area contributed by atoms with Crippen LogP contribution in [-0.2, 0) is 19.3 Å². The average Bonchev–Trinajstić information content (AvgIpc) is 2.49. The lowest BCUT2D eigenvalue weighted by Gasteiger charge is -2.26. The fourth-order valence-corrected chi connectivity index (χ4v) is 2.94. The number of aliphatic carboxylic acids is 1. The van der Waals surface area contributed by atoms with Gasteiger partial charge in [0.25, 0.3) is 0 Å². The van der Waals surface area contributed by atoms with Crippen molar-refractivity contribution in [3.63, 3.8) is 0 Å². The molecule has 0 aliphatic carbocycles. The van der Waals surface area contributed by atoms with Crippen molar-refractivity contribution in [2.75, 3.05) is 6.35 Å². The summed E-state index contributed by atoms with van der Waals surface area (Å²) in [6.07, 6.45) is -1.41. The predicted octanol–water partition coefficient (Wildman–Crippen LogP) is 0.00480. The van der Waals surface area contributed by atoms with Gasteiger partial charge in [0.15, 0.2) is 11.7 Å². The zero-order valence-corrected chi connectivity index (χ0v) is 14.3. The first-order chi connectivity index (χ1) is 11.0. The van der Waals surface area contributed by atoms with Crippen molar-refractivity contribution in [2.45, 2.75) is 24.2 Å². The highest BCUT2D eigenvalue weighted by molar-refractivity contribution is 7.51. The molecular formula is C12H19NO9P2. The molecule has 3 atom stereocenters. The SMILES string of the molecule is N[C@@H](CCC(O)(c1ccc(OCP(=O)(O)O)cc1)[PH](=O)O)C(=O)O. The van der Waals surface area contributed by atoms with E-state index in [-0.39, 0.29) is 24.2 Å². The lowest BCUT2D eigenvalue weighted by Crippen LogP contribution is -2.33. The Balaban J connectivity index is 2.90. The number of aliphatic hydroxyl groups is 1. The van der Waals surface area contributed by atoms with Crippen LogP contribution in [0.2, 0.25) is 0 Å². The van der Waals surface area contributed by atoms with Crippen LogP contribution in [0.5, 0.6) is 5.75 Å². The van der Waals surface area contributed by atoms with Crippen molar-refractivity contribution >= 4 is 21.6 Å². The molecule has 0 bridgehead atoms. The predicted molar refractivity (Wildman–Crippen MR) is 83.9 cm³/mol. The third kappa shape index (κ3) is 5.99. The van der Waals surface area contributed by atoms with Crippen LogP contribution in [-0.4, -0.2) is 43.3 Å². The number of ether oxygens (including phenoxy) is 1. The molecule has 12 heteroatoms. The van der Waals surface area contributed by atoms with Crippen molar-refractivity contribution in [2.24, 2.45) is 5.73 Å². The lowest BCUT2D eigenvalue weighted by atomic mass is 10.0. The molecule has 0 aromatic heterocycles. The molecule has 1 rings (SSSR count). The normalized spacial score (nSPS) is 16.9. The molecule has 0 heterocycles. The van der Waals surface area contributed by atoms with Gasteiger partial charge in [0.2, 0.25) is 8.03 Å². The maximum absolute atomic E-state index is 11.6. The third-order valence-corrected chi connectivity index (χ3v) is 4.93. The summed E-state index contributed by atoms with van der Waals surface area (Å²) < 4.78 is 27.1. The van der Waals surface area contributed by atoms with E-state index in [2.05, 4.69) is 0 Å². The Morgan fingerprint density at radius 2 is 1.88 bits per heavy atom. The van der Waals surface area contributed by atoms with Crippen LogP contribution < -0.4 is 10.5 Å². The van der Waals surface area contributed by atoms with Gasteiger partial charge in [-0.3, -0.25) is 13.9 Å². The lowest BCUT2D eigenvalue weighted by molar-refractivity contribution is -0.138. The van der Waals surface area contributed by atoms with Gasteiger partial charge in [-0.15, -0.1) is 0 Å². The second-order valence-corrected chi connectivity index (χ2v) is 8.14. The highest BCUT2D eigenvalue weighted by atomic mass is 31.2. The van der Waals surface area contributed by atoms with Crippen LogP contribution in [0.1, 0.15) is 18.4 Å². The van der Waals surface area contributed by atoms with Crippen molar-refractivity contribution in [1.82, 2.24) is 0 Å². The molecule has 2 unspecified atom stereocenters. The molecule has 0 radical (unpaired) electrons. The van der Waals surface area contributed by atoms with Crippen LogP contribution in [0.25, 0.3) is 0 Å². The second-order valence-electron chi connectivity index (χ2n) is 5.11. The molecule has 0 saturated heterocycles. The highest BCUT2D eigenvalue weighted by Gasteiger charge is 2.36. The van der Waals surface area contributed by atoms with Gasteiger partial charge in [-0.05, 0) is 30.5 Å². The van der Waals surface area contributed by atoms with Crippen molar-refractivity contribution in [1.29, 1.82) is 0 Å². The number of hydrogen-bond donors (Lipinski definition) is 6. The van der Waals surface area contributed by atoms with Crippen LogP contribution in [0.15, 0.2) is 24.3 Å². The Labute approximate surface area is 137 Å². The minimum atomic E-state index is -4.35. The van der Waals surface area contributed by atoms with E-state index >= 15 is 0 Å². The van der Waals surface area contributed by atoms with Gasteiger partial charge < -0.3 is 35.4 Å². The summed E-state index contributed by atoms with van der Waals surface area (Å²) in [5, 5.41) is 17.0. The standard InChI is InChI=1S/C12H19NO9P2/c13-10(11(14)15)5-6-12(16,23(17)18)8-1-3-9(4-2-8)22-7-24(19,20)21/h1-4,10,16,23H,5-7,13H2,(H,14,15)(H,17,18)(H2,19,20,21)/t10-,12?/m0/s1. The van der Waals surface area contributed by atoms with Gasteiger partial charge >= 0.3 is 13.6 Å². The second kappa shape index (κ2) is 8.22. The van der Waals surface area contributed by atoms with Crippen LogP contribution in [0.3, 0.4) is 0 Å². The first kappa shape index (κ1) is 20.8. The number of rotatable bonds is 9. The summed E-state index contributed by atoms with van der Waals surface area (Å²) in [7, 11) is -7.85. The summed E-state index contributed by atoms with van der Waals surface area (Å²) in [5.41, 5.74) is 5.37. The molecule has 0 spiro atoms. The number of hydrogen-bond acceptors (Lipinski definition) is 6. The Morgan fingerprint density at radius 3 is 2.29 bits per heavy atom. The van der Waals surface area contributed by atoms with Crippen molar-refractivity contribution < 1.29 is 43.6 Å². The number of nitrogens with two attached hydrogens (primary N) is 1. The average molecular weight is 383 g/mol. The van der Waals surface area contributed by atoms with Gasteiger partial charge in [-0.2, -0.15) is 0 Å². The molecule has 7 N–H and O–H groups in total. The van der Waals surface area contributed by atoms with E-state index in [4.69, 9.17) is 25.4 Å². The van der Waals surface area contributed by atoms with Crippen LogP contribution in [0, 0.1) is 0 Å². The molecule has 24 heavy (non-hydrogen) atoms. The van der Waals surface area contributed by atoms with Crippen molar-refractivity contribution in [3.8, 4) is 5.75 Å². The molecule has 0 saturated carbocycles. The topological polar surface area (TPSA) is 188 Å². The van der Waals surface area contributed by atoms with Gasteiger partial charge in [0.05, 0.1) is 0 Å². The summed E-state index contributed by atoms with van der Waals surface area (Å²) in [6.45, 7) is 0. The number of benzene rings is 1. The van der Waals surface area contributed by atoms with E-state index in [1.165, 1.54) is 24.3 Å².